The molecule has 0 unspecified atom stereocenters. The van der Waals surface area contributed by atoms with Gasteiger partial charge in [0.25, 0.3) is 0 Å². The van der Waals surface area contributed by atoms with Gasteiger partial charge < -0.3 is 29.9 Å². The predicted molar refractivity (Wildman–Crippen MR) is 198 cm³/mol. The highest BCUT2D eigenvalue weighted by Crippen LogP contribution is 2.24. The summed E-state index contributed by atoms with van der Waals surface area (Å²) in [5.74, 6) is -0.282. The van der Waals surface area contributed by atoms with Crippen LogP contribution in [0.2, 0.25) is 0 Å². The molecule has 0 aliphatic carbocycles. The Morgan fingerprint density at radius 3 is 1.70 bits per heavy atom. The van der Waals surface area contributed by atoms with Gasteiger partial charge in [0.1, 0.15) is 40.6 Å². The highest BCUT2D eigenvalue weighted by molar-refractivity contribution is 6.63. The van der Waals surface area contributed by atoms with Crippen molar-refractivity contribution in [1.82, 2.24) is 15.0 Å². The maximum absolute atomic E-state index is 12.3. The minimum Gasteiger partial charge on any atom is -0.508 e. The number of Topliss-reactive ketones (excluding diaryl/α,β-unsaturated/α-hetero) is 1. The van der Waals surface area contributed by atoms with Crippen LogP contribution in [-0.2, 0) is 17.6 Å². The maximum Gasteiger partial charge on any atom is 0.227 e. The van der Waals surface area contributed by atoms with Gasteiger partial charge in [0.2, 0.25) is 10.7 Å². The highest BCUT2D eigenvalue weighted by Gasteiger charge is 2.13. The molecule has 0 spiro atoms. The summed E-state index contributed by atoms with van der Waals surface area (Å²) in [7, 11) is 0. The fourth-order valence-electron chi connectivity index (χ4n) is 4.47. The Balaban J connectivity index is 0.000000166. The molecular weight excluding hydrogens is 702 g/mol. The zero-order chi connectivity index (χ0) is 38.2. The first-order chi connectivity index (χ1) is 25.5. The van der Waals surface area contributed by atoms with E-state index in [1.807, 2.05) is 12.1 Å². The molecule has 7 aromatic rings. The number of pyridine rings is 3. The fourth-order valence-corrected chi connectivity index (χ4v) is 4.61. The van der Waals surface area contributed by atoms with Crippen LogP contribution in [0.4, 0.5) is 0 Å². The van der Waals surface area contributed by atoms with E-state index in [1.54, 1.807) is 73.2 Å². The third kappa shape index (κ3) is 12.3. The number of ketones is 1. The van der Waals surface area contributed by atoms with E-state index in [4.69, 9.17) is 31.3 Å². The quantitative estimate of drug-likeness (QED) is 0.0869. The SMILES string of the molecule is O=C(Cc1ccccn1)c1ccc(O)cc1O.O=C(Cl)Cc1ccccn1.O=c1c(-c2ccccn2)coc2cc(O)ccc12.Oc1cccc(O)c1. The van der Waals surface area contributed by atoms with Crippen LogP contribution < -0.4 is 5.43 Å². The average Bonchev–Trinajstić information content (AvgIpc) is 3.13. The number of aromatic hydroxyl groups is 5. The van der Waals surface area contributed by atoms with E-state index in [1.165, 1.54) is 48.7 Å². The van der Waals surface area contributed by atoms with Gasteiger partial charge in [-0.2, -0.15) is 0 Å². The fraction of sp³-hybridized carbons (Fsp3) is 0.0500. The zero-order valence-corrected chi connectivity index (χ0v) is 28.5. The van der Waals surface area contributed by atoms with E-state index in [0.29, 0.717) is 33.6 Å². The summed E-state index contributed by atoms with van der Waals surface area (Å²) in [6.45, 7) is 0. The lowest BCUT2D eigenvalue weighted by Crippen LogP contribution is -2.05. The van der Waals surface area contributed by atoms with Gasteiger partial charge in [0.15, 0.2) is 5.78 Å². The molecule has 0 radical (unpaired) electrons. The monoisotopic (exact) mass is 733 g/mol. The third-order valence-corrected chi connectivity index (χ3v) is 7.06. The van der Waals surface area contributed by atoms with E-state index >= 15 is 0 Å². The van der Waals surface area contributed by atoms with E-state index in [2.05, 4.69) is 15.0 Å². The molecular formula is C40H32ClN3O9. The minimum atomic E-state index is -0.376. The molecule has 5 N–H and O–H groups in total. The van der Waals surface area contributed by atoms with E-state index in [0.717, 1.165) is 6.07 Å². The molecule has 268 valence electrons. The second kappa shape index (κ2) is 19.4. The van der Waals surface area contributed by atoms with E-state index in [9.17, 15) is 24.6 Å². The normalized spacial score (nSPS) is 9.98. The number of halogens is 1. The van der Waals surface area contributed by atoms with Crippen LogP contribution in [0.1, 0.15) is 21.7 Å². The number of phenolic OH excluding ortho intramolecular Hbond substituents is 5. The lowest BCUT2D eigenvalue weighted by Gasteiger charge is -2.03. The number of carbonyl (C=O) groups excluding carboxylic acids is 2. The van der Waals surface area contributed by atoms with Crippen LogP contribution >= 0.6 is 11.6 Å². The molecule has 13 heteroatoms. The van der Waals surface area contributed by atoms with Crippen LogP contribution in [0.3, 0.4) is 0 Å². The smallest absolute Gasteiger partial charge is 0.227 e. The van der Waals surface area contributed by atoms with Crippen molar-refractivity contribution in [3.05, 3.63) is 167 Å². The molecule has 0 amide bonds. The second-order valence-electron chi connectivity index (χ2n) is 10.9. The van der Waals surface area contributed by atoms with Gasteiger partial charge in [-0.3, -0.25) is 29.3 Å². The standard InChI is InChI=1S/C14H9NO3.C13H11NO3.C7H6ClNO.C6H6O2/c16-9-4-5-10-13(7-9)18-8-11(14(10)17)12-3-1-2-6-15-12;15-10-4-5-11(13(17)8-10)12(16)7-9-3-1-2-6-14-9;8-7(10)5-6-3-1-2-4-9-6;7-5-2-1-3-6(8)4-5/h1-8,16H;1-6,8,15,17H,7H2;1-4H,5H2;1-4,7-8H. The molecule has 53 heavy (non-hydrogen) atoms. The highest BCUT2D eigenvalue weighted by atomic mass is 35.5. The molecule has 3 aromatic carbocycles. The Bertz CT molecular complexity index is 2310. The topological polar surface area (TPSA) is 204 Å². The number of nitrogens with zero attached hydrogens (tertiary/aromatic N) is 3. The summed E-state index contributed by atoms with van der Waals surface area (Å²) < 4.78 is 5.36. The molecule has 12 nitrogen and oxygen atoms in total. The Morgan fingerprint density at radius 1 is 0.604 bits per heavy atom. The molecule has 0 atom stereocenters. The molecule has 0 fully saturated rings. The first-order valence-corrected chi connectivity index (χ1v) is 16.0. The van der Waals surface area contributed by atoms with Crippen LogP contribution in [0, 0.1) is 0 Å². The number of hydrogen-bond donors (Lipinski definition) is 5. The summed E-state index contributed by atoms with van der Waals surface area (Å²) in [6, 6.07) is 30.2. The summed E-state index contributed by atoms with van der Waals surface area (Å²) >= 11 is 5.13. The largest absolute Gasteiger partial charge is 0.508 e. The number of rotatable bonds is 6. The molecule has 4 heterocycles. The predicted octanol–water partition coefficient (Wildman–Crippen LogP) is 6.97. The van der Waals surface area contributed by atoms with Crippen molar-refractivity contribution in [2.75, 3.05) is 0 Å². The van der Waals surface area contributed by atoms with Crippen LogP contribution in [0.15, 0.2) is 149 Å². The van der Waals surface area contributed by atoms with Crippen molar-refractivity contribution in [2.24, 2.45) is 0 Å². The number of benzene rings is 3. The number of phenols is 5. The Kier molecular flexibility index (Phi) is 14.2. The van der Waals surface area contributed by atoms with Crippen molar-refractivity contribution < 1.29 is 39.5 Å². The van der Waals surface area contributed by atoms with Crippen LogP contribution in [0.5, 0.6) is 28.7 Å². The molecule has 0 bridgehead atoms. The molecule has 0 aliphatic rings. The summed E-state index contributed by atoms with van der Waals surface area (Å²) in [5.41, 5.74) is 2.73. The lowest BCUT2D eigenvalue weighted by atomic mass is 10.1. The molecule has 0 saturated carbocycles. The van der Waals surface area contributed by atoms with Crippen LogP contribution in [0.25, 0.3) is 22.2 Å². The van der Waals surface area contributed by atoms with Gasteiger partial charge in [-0.25, -0.2) is 0 Å². The van der Waals surface area contributed by atoms with E-state index < -0.39 is 0 Å². The molecule has 7 rings (SSSR count). The summed E-state index contributed by atoms with van der Waals surface area (Å²) in [5, 5.41) is 45.4. The van der Waals surface area contributed by atoms with Gasteiger partial charge in [-0.05, 0) is 84.4 Å². The van der Waals surface area contributed by atoms with Crippen molar-refractivity contribution in [3.63, 3.8) is 0 Å². The Labute approximate surface area is 307 Å². The summed E-state index contributed by atoms with van der Waals surface area (Å²) in [4.78, 5) is 46.5. The summed E-state index contributed by atoms with van der Waals surface area (Å²) in [6.07, 6.45) is 6.57. The minimum absolute atomic E-state index is 0.0660. The van der Waals surface area contributed by atoms with Gasteiger partial charge in [0, 0.05) is 48.2 Å². The molecule has 0 saturated heterocycles. The van der Waals surface area contributed by atoms with Crippen molar-refractivity contribution in [3.8, 4) is 40.0 Å². The number of fused-ring (bicyclic) bond motifs is 1. The number of aromatic nitrogens is 3. The Morgan fingerprint density at radius 2 is 1.17 bits per heavy atom. The second-order valence-corrected chi connectivity index (χ2v) is 11.3. The average molecular weight is 734 g/mol. The van der Waals surface area contributed by atoms with Gasteiger partial charge in [-0.1, -0.05) is 24.3 Å². The molecule has 4 aromatic heterocycles. The Hall–Kier alpha value is -7.05. The van der Waals surface area contributed by atoms with Crippen molar-refractivity contribution in [1.29, 1.82) is 0 Å². The number of hydrogen-bond acceptors (Lipinski definition) is 12. The zero-order valence-electron chi connectivity index (χ0n) is 27.8. The first-order valence-electron chi connectivity index (χ1n) is 15.7. The molecule has 0 aliphatic heterocycles. The third-order valence-electron chi connectivity index (χ3n) is 6.92. The van der Waals surface area contributed by atoms with Gasteiger partial charge in [-0.15, -0.1) is 0 Å². The number of carbonyl (C=O) groups is 2. The lowest BCUT2D eigenvalue weighted by molar-refractivity contribution is -0.111. The van der Waals surface area contributed by atoms with Crippen molar-refractivity contribution in [2.45, 2.75) is 12.8 Å². The van der Waals surface area contributed by atoms with Gasteiger partial charge in [0.05, 0.1) is 35.0 Å². The van der Waals surface area contributed by atoms with Gasteiger partial charge >= 0.3 is 0 Å². The maximum atomic E-state index is 12.3. The van der Waals surface area contributed by atoms with E-state index in [-0.39, 0.29) is 63.6 Å². The van der Waals surface area contributed by atoms with Crippen LogP contribution in [-0.4, -0.2) is 51.5 Å². The first kappa shape index (κ1) is 38.7. The van der Waals surface area contributed by atoms with Crippen molar-refractivity contribution >= 4 is 33.6 Å².